The third-order valence-corrected chi connectivity index (χ3v) is 5.47. The van der Waals surface area contributed by atoms with Crippen LogP contribution >= 0.6 is 0 Å². The van der Waals surface area contributed by atoms with E-state index in [9.17, 15) is 0 Å². The molecule has 0 rings (SSSR count). The Morgan fingerprint density at radius 1 is 0.500 bits per heavy atom. The molecule has 0 aromatic rings. The van der Waals surface area contributed by atoms with Crippen LogP contribution in [0.15, 0.2) is 0 Å². The molecule has 0 heteroatoms. The lowest BCUT2D eigenvalue weighted by Gasteiger charge is -2.21. The molecular formula is C24H49. The fourth-order valence-corrected chi connectivity index (χ4v) is 3.81. The smallest absolute Gasteiger partial charge is 0.0326 e. The van der Waals surface area contributed by atoms with Gasteiger partial charge >= 0.3 is 0 Å². The van der Waals surface area contributed by atoms with E-state index in [1.807, 2.05) is 0 Å². The van der Waals surface area contributed by atoms with E-state index in [0.29, 0.717) is 0 Å². The Morgan fingerprint density at radius 3 is 1.33 bits per heavy atom. The van der Waals surface area contributed by atoms with Gasteiger partial charge in [-0.25, -0.2) is 0 Å². The van der Waals surface area contributed by atoms with E-state index in [1.165, 1.54) is 109 Å². The molecule has 2 unspecified atom stereocenters. The second kappa shape index (κ2) is 19.3. The van der Waals surface area contributed by atoms with Gasteiger partial charge in [-0.05, 0) is 18.3 Å². The van der Waals surface area contributed by atoms with Crippen LogP contribution < -0.4 is 0 Å². The van der Waals surface area contributed by atoms with E-state index in [-0.39, 0.29) is 0 Å². The lowest BCUT2D eigenvalue weighted by Crippen LogP contribution is -2.08. The maximum atomic E-state index is 2.74. The zero-order valence-electron chi connectivity index (χ0n) is 17.8. The zero-order valence-corrected chi connectivity index (χ0v) is 17.8. The van der Waals surface area contributed by atoms with Crippen LogP contribution in [0.2, 0.25) is 0 Å². The standard InChI is InChI=1S/C24H49/c1-5-8-11-14-16-19-23(4)22-24(20-17-13-10-7-3)21-18-15-12-9-6-2/h22-24H,5-21H2,1-4H3. The van der Waals surface area contributed by atoms with E-state index >= 15 is 0 Å². The monoisotopic (exact) mass is 337 g/mol. The number of rotatable bonds is 19. The Hall–Kier alpha value is 0. The molecule has 0 bridgehead atoms. The molecule has 0 aliphatic heterocycles. The lowest BCUT2D eigenvalue weighted by molar-refractivity contribution is 0.398. The normalized spacial score (nSPS) is 14.0. The van der Waals surface area contributed by atoms with Crippen molar-refractivity contribution >= 4 is 0 Å². The summed E-state index contributed by atoms with van der Waals surface area (Å²) in [4.78, 5) is 0. The van der Waals surface area contributed by atoms with Gasteiger partial charge in [0.2, 0.25) is 0 Å². The summed E-state index contributed by atoms with van der Waals surface area (Å²) in [5.41, 5.74) is 0. The van der Waals surface area contributed by atoms with Gasteiger partial charge in [-0.2, -0.15) is 0 Å². The van der Waals surface area contributed by atoms with Crippen LogP contribution in [0.3, 0.4) is 0 Å². The summed E-state index contributed by atoms with van der Waals surface area (Å²) >= 11 is 0. The average molecular weight is 338 g/mol. The van der Waals surface area contributed by atoms with Crippen LogP contribution in [0, 0.1) is 18.3 Å². The SMILES string of the molecule is CCCCCCCC(C)[CH]C(CCCCCC)CCCCCCC. The van der Waals surface area contributed by atoms with Crippen molar-refractivity contribution in [2.75, 3.05) is 0 Å². The Bertz CT molecular complexity index is 220. The first-order chi connectivity index (χ1) is 11.7. The molecule has 2 atom stereocenters. The van der Waals surface area contributed by atoms with Crippen LogP contribution in [0.4, 0.5) is 0 Å². The summed E-state index contributed by atoms with van der Waals surface area (Å²) in [5, 5.41) is 0. The first-order valence-corrected chi connectivity index (χ1v) is 11.6. The van der Waals surface area contributed by atoms with Crippen LogP contribution in [-0.4, -0.2) is 0 Å². The van der Waals surface area contributed by atoms with E-state index < -0.39 is 0 Å². The maximum absolute atomic E-state index is 2.74. The molecule has 0 nitrogen and oxygen atoms in total. The maximum Gasteiger partial charge on any atom is -0.0326 e. The van der Waals surface area contributed by atoms with Gasteiger partial charge in [0, 0.05) is 0 Å². The van der Waals surface area contributed by atoms with Gasteiger partial charge in [-0.15, -0.1) is 0 Å². The quantitative estimate of drug-likeness (QED) is 0.206. The molecule has 0 fully saturated rings. The highest BCUT2D eigenvalue weighted by atomic mass is 14.2. The van der Waals surface area contributed by atoms with Gasteiger partial charge in [0.1, 0.15) is 0 Å². The van der Waals surface area contributed by atoms with Gasteiger partial charge in [-0.3, -0.25) is 0 Å². The van der Waals surface area contributed by atoms with Crippen molar-refractivity contribution in [2.45, 2.75) is 137 Å². The van der Waals surface area contributed by atoms with Crippen molar-refractivity contribution in [1.29, 1.82) is 0 Å². The van der Waals surface area contributed by atoms with E-state index in [2.05, 4.69) is 34.1 Å². The van der Waals surface area contributed by atoms with E-state index in [1.54, 1.807) is 0 Å². The summed E-state index contributed by atoms with van der Waals surface area (Å²) in [7, 11) is 0. The molecule has 0 aromatic heterocycles. The van der Waals surface area contributed by atoms with Crippen molar-refractivity contribution in [3.8, 4) is 0 Å². The molecule has 0 saturated carbocycles. The largest absolute Gasteiger partial charge is 0.0654 e. The highest BCUT2D eigenvalue weighted by Gasteiger charge is 2.13. The molecule has 1 radical (unpaired) electrons. The van der Waals surface area contributed by atoms with Crippen molar-refractivity contribution < 1.29 is 0 Å². The fourth-order valence-electron chi connectivity index (χ4n) is 3.81. The molecule has 24 heavy (non-hydrogen) atoms. The van der Waals surface area contributed by atoms with E-state index in [4.69, 9.17) is 0 Å². The Balaban J connectivity index is 3.92. The fraction of sp³-hybridized carbons (Fsp3) is 0.958. The van der Waals surface area contributed by atoms with E-state index in [0.717, 1.165) is 11.8 Å². The minimum absolute atomic E-state index is 0.832. The van der Waals surface area contributed by atoms with Crippen molar-refractivity contribution in [3.05, 3.63) is 6.42 Å². The minimum atomic E-state index is 0.832. The molecule has 0 heterocycles. The predicted molar refractivity (Wildman–Crippen MR) is 112 cm³/mol. The molecule has 145 valence electrons. The topological polar surface area (TPSA) is 0 Å². The van der Waals surface area contributed by atoms with Crippen molar-refractivity contribution in [1.82, 2.24) is 0 Å². The summed E-state index contributed by atoms with van der Waals surface area (Å²) in [6, 6.07) is 0. The highest BCUT2D eigenvalue weighted by Crippen LogP contribution is 2.26. The Labute approximate surface area is 155 Å². The summed E-state index contributed by atoms with van der Waals surface area (Å²) in [6.07, 6.45) is 27.0. The number of unbranched alkanes of at least 4 members (excludes halogenated alkanes) is 11. The molecule has 0 aromatic carbocycles. The van der Waals surface area contributed by atoms with Crippen molar-refractivity contribution in [3.63, 3.8) is 0 Å². The van der Waals surface area contributed by atoms with Crippen LogP contribution in [0.5, 0.6) is 0 Å². The molecule has 0 amide bonds. The number of hydrogen-bond donors (Lipinski definition) is 0. The molecule has 0 saturated heterocycles. The zero-order chi connectivity index (χ0) is 17.9. The first kappa shape index (κ1) is 24.0. The molecule has 0 aliphatic rings. The molecule has 0 spiro atoms. The van der Waals surface area contributed by atoms with Gasteiger partial charge in [-0.1, -0.05) is 137 Å². The summed E-state index contributed by atoms with van der Waals surface area (Å²) in [5.74, 6) is 1.73. The average Bonchev–Trinajstić information content (AvgIpc) is 2.58. The summed E-state index contributed by atoms with van der Waals surface area (Å²) in [6.45, 7) is 9.40. The van der Waals surface area contributed by atoms with Crippen LogP contribution in [0.25, 0.3) is 0 Å². The third kappa shape index (κ3) is 16.8. The van der Waals surface area contributed by atoms with Crippen LogP contribution in [-0.2, 0) is 0 Å². The second-order valence-corrected chi connectivity index (χ2v) is 8.18. The van der Waals surface area contributed by atoms with Gasteiger partial charge in [0.15, 0.2) is 0 Å². The van der Waals surface area contributed by atoms with Crippen molar-refractivity contribution in [2.24, 2.45) is 11.8 Å². The highest BCUT2D eigenvalue weighted by molar-refractivity contribution is 4.81. The van der Waals surface area contributed by atoms with Gasteiger partial charge in [0.05, 0.1) is 0 Å². The van der Waals surface area contributed by atoms with Gasteiger partial charge in [0.25, 0.3) is 0 Å². The first-order valence-electron chi connectivity index (χ1n) is 11.6. The Morgan fingerprint density at radius 2 is 0.875 bits per heavy atom. The molecule has 0 N–H and O–H groups in total. The minimum Gasteiger partial charge on any atom is -0.0654 e. The summed E-state index contributed by atoms with van der Waals surface area (Å²) < 4.78 is 0. The predicted octanol–water partition coefficient (Wildman–Crippen LogP) is 9.13. The molecular weight excluding hydrogens is 288 g/mol. The Kier molecular flexibility index (Phi) is 19.3. The molecule has 0 aliphatic carbocycles. The third-order valence-electron chi connectivity index (χ3n) is 5.47. The van der Waals surface area contributed by atoms with Crippen LogP contribution in [0.1, 0.15) is 137 Å². The lowest BCUT2D eigenvalue weighted by atomic mass is 9.85. The second-order valence-electron chi connectivity index (χ2n) is 8.18. The van der Waals surface area contributed by atoms with Gasteiger partial charge < -0.3 is 0 Å². The number of hydrogen-bond acceptors (Lipinski definition) is 0.